The van der Waals surface area contributed by atoms with Crippen molar-refractivity contribution in [2.45, 2.75) is 76.3 Å². The van der Waals surface area contributed by atoms with Gasteiger partial charge in [0.2, 0.25) is 5.91 Å². The first-order valence-corrected chi connectivity index (χ1v) is 14.7. The lowest BCUT2D eigenvalue weighted by atomic mass is 9.91. The normalized spacial score (nSPS) is 23.2. The van der Waals surface area contributed by atoms with Gasteiger partial charge in [-0.05, 0) is 80.3 Å². The van der Waals surface area contributed by atoms with Gasteiger partial charge in [0, 0.05) is 48.2 Å². The Morgan fingerprint density at radius 3 is 2.41 bits per heavy atom. The van der Waals surface area contributed by atoms with Gasteiger partial charge >= 0.3 is 0 Å². The van der Waals surface area contributed by atoms with Gasteiger partial charge in [-0.25, -0.2) is 4.39 Å². The highest BCUT2D eigenvalue weighted by molar-refractivity contribution is 7.09. The highest BCUT2D eigenvalue weighted by Gasteiger charge is 2.42. The van der Waals surface area contributed by atoms with Gasteiger partial charge in [-0.3, -0.25) is 14.5 Å². The number of likely N-dealkylation sites (tertiary alicyclic amines) is 1. The molecule has 2 aliphatic rings. The predicted octanol–water partition coefficient (Wildman–Crippen LogP) is 4.87. The summed E-state index contributed by atoms with van der Waals surface area (Å²) >= 11 is 1.71. The van der Waals surface area contributed by atoms with Crippen LogP contribution < -0.4 is 11.1 Å². The molecular weight excluding hydrogens is 511 g/mol. The fourth-order valence-electron chi connectivity index (χ4n) is 5.72. The van der Waals surface area contributed by atoms with Crippen molar-refractivity contribution in [3.63, 3.8) is 0 Å². The van der Waals surface area contributed by atoms with Crippen molar-refractivity contribution in [3.8, 4) is 0 Å². The number of nitrogens with zero attached hydrogens (tertiary/aromatic N) is 2. The Hall–Kier alpha value is -3.07. The van der Waals surface area contributed by atoms with Crippen LogP contribution in [0.15, 0.2) is 66.0 Å². The van der Waals surface area contributed by atoms with Gasteiger partial charge < -0.3 is 16.0 Å². The zero-order chi connectivity index (χ0) is 27.4. The Kier molecular flexibility index (Phi) is 8.75. The van der Waals surface area contributed by atoms with Crippen LogP contribution in [0.3, 0.4) is 0 Å². The molecule has 0 bridgehead atoms. The fourth-order valence-corrected chi connectivity index (χ4v) is 6.44. The molecule has 2 amide bonds. The van der Waals surface area contributed by atoms with E-state index in [2.05, 4.69) is 58.9 Å². The zero-order valence-electron chi connectivity index (χ0n) is 22.4. The summed E-state index contributed by atoms with van der Waals surface area (Å²) in [6.45, 7) is 3.97. The largest absolute Gasteiger partial charge is 0.352 e. The maximum absolute atomic E-state index is 13.7. The number of aryl methyl sites for hydroxylation is 1. The van der Waals surface area contributed by atoms with E-state index in [1.165, 1.54) is 40.3 Å². The second kappa shape index (κ2) is 12.4. The molecule has 1 aliphatic heterocycles. The Bertz CT molecular complexity index is 1240. The molecule has 2 atom stereocenters. The molecule has 206 valence electrons. The van der Waals surface area contributed by atoms with Crippen LogP contribution in [-0.2, 0) is 17.9 Å². The molecule has 1 saturated carbocycles. The van der Waals surface area contributed by atoms with Crippen LogP contribution in [0.1, 0.15) is 58.5 Å². The number of hydrogen-bond acceptors (Lipinski definition) is 5. The maximum Gasteiger partial charge on any atom is 0.254 e. The lowest BCUT2D eigenvalue weighted by molar-refractivity contribution is -0.125. The molecule has 1 aliphatic carbocycles. The monoisotopic (exact) mass is 548 g/mol. The number of carbonyl (C=O) groups excluding carboxylic acids is 2. The second-order valence-corrected chi connectivity index (χ2v) is 12.0. The number of benzene rings is 2. The van der Waals surface area contributed by atoms with Crippen LogP contribution in [-0.4, -0.2) is 52.3 Å². The highest BCUT2D eigenvalue weighted by atomic mass is 32.1. The van der Waals surface area contributed by atoms with E-state index < -0.39 is 11.9 Å². The number of carbonyl (C=O) groups is 2. The fraction of sp³-hybridized carbons (Fsp3) is 0.419. The molecule has 8 heteroatoms. The standard InChI is InChI=1S/C31H37FN4O2S/c1-21-4-6-22(7-5-21)18-35(20-28-3-2-16-39-28)27-17-29(30(37)34-26-14-12-25(33)13-15-26)36(19-27)31(38)23-8-10-24(32)11-9-23/h2-11,16,25-27,29H,12-15,17-20,33H2,1H3,(H,34,37). The first kappa shape index (κ1) is 27.5. The summed E-state index contributed by atoms with van der Waals surface area (Å²) in [5.74, 6) is -0.745. The molecule has 1 saturated heterocycles. The lowest BCUT2D eigenvalue weighted by Gasteiger charge is -2.30. The van der Waals surface area contributed by atoms with Crippen LogP contribution in [0.25, 0.3) is 0 Å². The molecular formula is C31H37FN4O2S. The van der Waals surface area contributed by atoms with Crippen LogP contribution in [0.2, 0.25) is 0 Å². The minimum absolute atomic E-state index is 0.00618. The number of nitrogens with two attached hydrogens (primary N) is 1. The number of thiophene rings is 1. The molecule has 2 heterocycles. The number of rotatable bonds is 8. The molecule has 2 unspecified atom stereocenters. The van der Waals surface area contributed by atoms with Crippen molar-refractivity contribution in [2.24, 2.45) is 5.73 Å². The van der Waals surface area contributed by atoms with Gasteiger partial charge in [0.15, 0.2) is 0 Å². The van der Waals surface area contributed by atoms with Crippen molar-refractivity contribution in [2.75, 3.05) is 6.54 Å². The number of amides is 2. The van der Waals surface area contributed by atoms with E-state index in [1.54, 1.807) is 16.2 Å². The number of nitrogens with one attached hydrogen (secondary N) is 1. The Balaban J connectivity index is 1.39. The van der Waals surface area contributed by atoms with E-state index >= 15 is 0 Å². The van der Waals surface area contributed by atoms with Crippen LogP contribution in [0.5, 0.6) is 0 Å². The summed E-state index contributed by atoms with van der Waals surface area (Å²) in [6, 6.07) is 18.0. The topological polar surface area (TPSA) is 78.7 Å². The average Bonchev–Trinajstić information content (AvgIpc) is 3.61. The van der Waals surface area contributed by atoms with E-state index in [1.807, 2.05) is 0 Å². The van der Waals surface area contributed by atoms with Gasteiger partial charge in [0.1, 0.15) is 11.9 Å². The third-order valence-corrected chi connectivity index (χ3v) is 8.87. The van der Waals surface area contributed by atoms with Crippen molar-refractivity contribution in [1.82, 2.24) is 15.1 Å². The minimum atomic E-state index is -0.591. The first-order valence-electron chi connectivity index (χ1n) is 13.8. The van der Waals surface area contributed by atoms with E-state index in [9.17, 15) is 14.0 Å². The summed E-state index contributed by atoms with van der Waals surface area (Å²) in [4.78, 5) is 32.7. The van der Waals surface area contributed by atoms with Crippen molar-refractivity contribution >= 4 is 23.2 Å². The highest BCUT2D eigenvalue weighted by Crippen LogP contribution is 2.29. The number of hydrogen-bond donors (Lipinski definition) is 2. The summed E-state index contributed by atoms with van der Waals surface area (Å²) in [5.41, 5.74) is 8.86. The third kappa shape index (κ3) is 6.93. The molecule has 2 aromatic carbocycles. The van der Waals surface area contributed by atoms with Crippen LogP contribution >= 0.6 is 11.3 Å². The molecule has 5 rings (SSSR count). The van der Waals surface area contributed by atoms with Crippen molar-refractivity contribution < 1.29 is 14.0 Å². The quantitative estimate of drug-likeness (QED) is 0.421. The average molecular weight is 549 g/mol. The smallest absolute Gasteiger partial charge is 0.254 e. The maximum atomic E-state index is 13.7. The van der Waals surface area contributed by atoms with E-state index in [0.29, 0.717) is 18.5 Å². The van der Waals surface area contributed by atoms with Crippen LogP contribution in [0.4, 0.5) is 4.39 Å². The summed E-state index contributed by atoms with van der Waals surface area (Å²) in [7, 11) is 0. The van der Waals surface area contributed by atoms with Gasteiger partial charge in [-0.1, -0.05) is 35.9 Å². The third-order valence-electron chi connectivity index (χ3n) is 8.01. The Morgan fingerprint density at radius 1 is 1.03 bits per heavy atom. The summed E-state index contributed by atoms with van der Waals surface area (Å²) in [5, 5.41) is 5.30. The summed E-state index contributed by atoms with van der Waals surface area (Å²) < 4.78 is 13.6. The molecule has 1 aromatic heterocycles. The van der Waals surface area contributed by atoms with Gasteiger partial charge in [0.25, 0.3) is 5.91 Å². The van der Waals surface area contributed by atoms with Gasteiger partial charge in [-0.2, -0.15) is 0 Å². The SMILES string of the molecule is Cc1ccc(CN(Cc2cccs2)C2CC(C(=O)NC3CCC(N)CC3)N(C(=O)c3ccc(F)cc3)C2)cc1. The van der Waals surface area contributed by atoms with Gasteiger partial charge in [-0.15, -0.1) is 11.3 Å². The molecule has 0 radical (unpaired) electrons. The molecule has 6 nitrogen and oxygen atoms in total. The lowest BCUT2D eigenvalue weighted by Crippen LogP contribution is -2.50. The van der Waals surface area contributed by atoms with E-state index in [-0.39, 0.29) is 29.9 Å². The Morgan fingerprint density at radius 2 is 1.74 bits per heavy atom. The molecule has 2 fully saturated rings. The molecule has 3 aromatic rings. The molecule has 0 spiro atoms. The van der Waals surface area contributed by atoms with Crippen molar-refractivity contribution in [1.29, 1.82) is 0 Å². The first-order chi connectivity index (χ1) is 18.9. The zero-order valence-corrected chi connectivity index (χ0v) is 23.2. The minimum Gasteiger partial charge on any atom is -0.352 e. The molecule has 3 N–H and O–H groups in total. The van der Waals surface area contributed by atoms with E-state index in [4.69, 9.17) is 5.73 Å². The molecule has 39 heavy (non-hydrogen) atoms. The van der Waals surface area contributed by atoms with E-state index in [0.717, 1.165) is 38.8 Å². The van der Waals surface area contributed by atoms with Gasteiger partial charge in [0.05, 0.1) is 0 Å². The predicted molar refractivity (Wildman–Crippen MR) is 153 cm³/mol. The Labute approximate surface area is 234 Å². The summed E-state index contributed by atoms with van der Waals surface area (Å²) in [6.07, 6.45) is 4.03. The number of halogens is 1. The van der Waals surface area contributed by atoms with Crippen LogP contribution in [0, 0.1) is 12.7 Å². The van der Waals surface area contributed by atoms with Crippen molar-refractivity contribution in [3.05, 3.63) is 93.4 Å². The second-order valence-electron chi connectivity index (χ2n) is 11.0.